The van der Waals surface area contributed by atoms with Crippen molar-refractivity contribution in [3.05, 3.63) is 15.8 Å². The first-order chi connectivity index (χ1) is 18.0. The molecule has 0 aromatic carbocycles. The lowest BCUT2D eigenvalue weighted by Crippen LogP contribution is -2.46. The van der Waals surface area contributed by atoms with Gasteiger partial charge in [-0.2, -0.15) is 0 Å². The Morgan fingerprint density at radius 2 is 1.87 bits per heavy atom. The Hall–Kier alpha value is -2.25. The van der Waals surface area contributed by atoms with E-state index in [1.165, 1.54) is 12.0 Å². The maximum absolute atomic E-state index is 13.6. The van der Waals surface area contributed by atoms with Crippen molar-refractivity contribution in [2.45, 2.75) is 73.3 Å². The van der Waals surface area contributed by atoms with E-state index in [9.17, 15) is 19.5 Å². The van der Waals surface area contributed by atoms with E-state index in [1.807, 2.05) is 20.8 Å². The molecular weight excluding hydrogens is 516 g/mol. The zero-order valence-electron chi connectivity index (χ0n) is 23.7. The molecule has 0 radical (unpaired) electrons. The molecule has 1 saturated heterocycles. The number of aldehydes is 1. The number of hydrogen-bond donors (Lipinski definition) is 1. The molecule has 1 aromatic heterocycles. The van der Waals surface area contributed by atoms with Gasteiger partial charge >= 0.3 is 5.97 Å². The summed E-state index contributed by atoms with van der Waals surface area (Å²) < 4.78 is 10.2. The molecule has 1 aliphatic carbocycles. The fraction of sp³-hybridized carbons (Fsp3) is 0.700. The van der Waals surface area contributed by atoms with Crippen LogP contribution in [0.25, 0.3) is 0 Å². The highest BCUT2D eigenvalue weighted by molar-refractivity contribution is 7.15. The normalized spacial score (nSPS) is 20.3. The van der Waals surface area contributed by atoms with Crippen molar-refractivity contribution in [3.8, 4) is 11.8 Å². The second-order valence-electron chi connectivity index (χ2n) is 11.2. The van der Waals surface area contributed by atoms with E-state index in [0.29, 0.717) is 23.5 Å². The number of thiophene rings is 1. The summed E-state index contributed by atoms with van der Waals surface area (Å²) in [6.45, 7) is 12.4. The third-order valence-electron chi connectivity index (χ3n) is 6.67. The third kappa shape index (κ3) is 11.4. The molecule has 220 valence electrons. The van der Waals surface area contributed by atoms with E-state index in [0.717, 1.165) is 63.3 Å². The maximum Gasteiger partial charge on any atom is 0.348 e. The van der Waals surface area contributed by atoms with Gasteiger partial charge in [-0.05, 0) is 71.9 Å². The van der Waals surface area contributed by atoms with E-state index < -0.39 is 12.0 Å². The van der Waals surface area contributed by atoms with Gasteiger partial charge < -0.3 is 29.2 Å². The zero-order chi connectivity index (χ0) is 28.3. The van der Waals surface area contributed by atoms with Gasteiger partial charge in [0.25, 0.3) is 0 Å². The van der Waals surface area contributed by atoms with Crippen LogP contribution in [-0.4, -0.2) is 81.3 Å². The quantitative estimate of drug-likeness (QED) is 0.343. The first-order valence-corrected chi connectivity index (χ1v) is 14.2. The Balaban J connectivity index is 0.000000823. The van der Waals surface area contributed by atoms with Gasteiger partial charge in [-0.25, -0.2) is 4.79 Å². The molecule has 1 amide bonds. The number of likely N-dealkylation sites (N-methyl/N-ethyl adjacent to an activating group) is 1. The van der Waals surface area contributed by atoms with Crippen LogP contribution in [0.15, 0.2) is 6.07 Å². The summed E-state index contributed by atoms with van der Waals surface area (Å²) >= 11 is 1.04. The van der Waals surface area contributed by atoms with Crippen molar-refractivity contribution in [2.75, 3.05) is 52.0 Å². The molecule has 3 rings (SSSR count). The summed E-state index contributed by atoms with van der Waals surface area (Å²) in [7, 11) is 3.65. The van der Waals surface area contributed by atoms with Gasteiger partial charge in [0.1, 0.15) is 11.2 Å². The molecule has 0 unspecified atom stereocenters. The minimum Gasteiger partial charge on any atom is -0.477 e. The largest absolute Gasteiger partial charge is 0.477 e. The van der Waals surface area contributed by atoms with Crippen LogP contribution in [-0.2, 0) is 19.1 Å². The summed E-state index contributed by atoms with van der Waals surface area (Å²) in [5, 5.41) is 9.82. The van der Waals surface area contributed by atoms with Crippen molar-refractivity contribution in [3.63, 3.8) is 0 Å². The van der Waals surface area contributed by atoms with Crippen LogP contribution in [0.2, 0.25) is 0 Å². The minimum atomic E-state index is -1.13. The number of morpholine rings is 1. The van der Waals surface area contributed by atoms with Crippen molar-refractivity contribution < 1.29 is 29.0 Å². The Kier molecular flexibility index (Phi) is 14.9. The number of carbonyl (C=O) groups is 3. The smallest absolute Gasteiger partial charge is 0.348 e. The van der Waals surface area contributed by atoms with E-state index in [1.54, 1.807) is 6.07 Å². The number of methoxy groups -OCH3 is 1. The zero-order valence-corrected chi connectivity index (χ0v) is 24.6. The van der Waals surface area contributed by atoms with Crippen molar-refractivity contribution in [1.82, 2.24) is 4.90 Å². The minimum absolute atomic E-state index is 0. The predicted octanol–water partition coefficient (Wildman–Crippen LogP) is 5.19. The maximum atomic E-state index is 13.6. The molecule has 1 aliphatic heterocycles. The molecule has 1 aromatic rings. The highest BCUT2D eigenvalue weighted by Crippen LogP contribution is 2.36. The standard InChI is InChI=1S/C24H33NO5S.C5H11NO.CH4/c1-16-6-8-17(9-7-16)22(27)25(18(15-26)11-13-30-5)20-14-19(10-12-24(2,3)4)31-21(20)23(28)29;1-6-2-4-7-5-3-6;/h14-18H,6-9,11,13H2,1-5H3,(H,28,29);2-5H2,1H3;1H4/t16?,17?,18-;;/m0../s1. The van der Waals surface area contributed by atoms with Gasteiger partial charge in [-0.3, -0.25) is 4.79 Å². The monoisotopic (exact) mass is 564 g/mol. The van der Waals surface area contributed by atoms with Crippen LogP contribution in [0, 0.1) is 29.1 Å². The lowest BCUT2D eigenvalue weighted by molar-refractivity contribution is -0.125. The number of nitrogens with zero attached hydrogens (tertiary/aromatic N) is 2. The van der Waals surface area contributed by atoms with E-state index in [4.69, 9.17) is 9.47 Å². The molecule has 2 fully saturated rings. The van der Waals surface area contributed by atoms with Crippen LogP contribution in [0.3, 0.4) is 0 Å². The number of hydrogen-bond acceptors (Lipinski definition) is 7. The number of ether oxygens (including phenoxy) is 2. The molecule has 1 saturated carbocycles. The number of amides is 1. The van der Waals surface area contributed by atoms with Gasteiger partial charge in [0.15, 0.2) is 0 Å². The average molecular weight is 565 g/mol. The fourth-order valence-corrected chi connectivity index (χ4v) is 5.18. The summed E-state index contributed by atoms with van der Waals surface area (Å²) in [5.74, 6) is 5.18. The van der Waals surface area contributed by atoms with Gasteiger partial charge in [-0.1, -0.05) is 26.2 Å². The Morgan fingerprint density at radius 3 is 2.33 bits per heavy atom. The summed E-state index contributed by atoms with van der Waals surface area (Å²) in [4.78, 5) is 41.8. The molecule has 39 heavy (non-hydrogen) atoms. The Bertz CT molecular complexity index is 976. The van der Waals surface area contributed by atoms with Crippen LogP contribution in [0.4, 0.5) is 5.69 Å². The summed E-state index contributed by atoms with van der Waals surface area (Å²) in [6.07, 6.45) is 4.40. The van der Waals surface area contributed by atoms with Gasteiger partial charge in [0, 0.05) is 38.1 Å². The topological polar surface area (TPSA) is 96.4 Å². The molecule has 2 aliphatic rings. The summed E-state index contributed by atoms with van der Waals surface area (Å²) in [5.41, 5.74) is 0.0126. The lowest BCUT2D eigenvalue weighted by Gasteiger charge is -2.34. The van der Waals surface area contributed by atoms with Crippen LogP contribution in [0.5, 0.6) is 0 Å². The van der Waals surface area contributed by atoms with E-state index in [-0.39, 0.29) is 41.8 Å². The van der Waals surface area contributed by atoms with Gasteiger partial charge in [0.2, 0.25) is 5.91 Å². The van der Waals surface area contributed by atoms with Gasteiger partial charge in [-0.15, -0.1) is 11.3 Å². The van der Waals surface area contributed by atoms with Crippen molar-refractivity contribution >= 4 is 35.2 Å². The lowest BCUT2D eigenvalue weighted by atomic mass is 9.82. The summed E-state index contributed by atoms with van der Waals surface area (Å²) in [6, 6.07) is 0.849. The molecule has 0 spiro atoms. The highest BCUT2D eigenvalue weighted by atomic mass is 32.1. The van der Waals surface area contributed by atoms with E-state index >= 15 is 0 Å². The SMILES string of the molecule is C.CN1CCOCC1.COCC[C@@H](C=O)N(C(=O)C1CCC(C)CC1)c1cc(C#CC(C)(C)C)sc1C(=O)O. The van der Waals surface area contributed by atoms with Crippen LogP contribution >= 0.6 is 11.3 Å². The fourth-order valence-electron chi connectivity index (χ4n) is 4.34. The second kappa shape index (κ2) is 16.8. The number of aromatic carboxylic acids is 1. The number of carbonyl (C=O) groups excluding carboxylic acids is 2. The molecule has 1 N–H and O–H groups in total. The molecule has 0 bridgehead atoms. The van der Waals surface area contributed by atoms with Crippen molar-refractivity contribution in [2.24, 2.45) is 17.3 Å². The van der Waals surface area contributed by atoms with Crippen molar-refractivity contribution in [1.29, 1.82) is 0 Å². The number of anilines is 1. The highest BCUT2D eigenvalue weighted by Gasteiger charge is 2.35. The van der Waals surface area contributed by atoms with E-state index in [2.05, 4.69) is 30.7 Å². The number of carboxylic acid groups (broad SMARTS) is 1. The number of carboxylic acids is 1. The molecule has 2 heterocycles. The molecule has 8 nitrogen and oxygen atoms in total. The predicted molar refractivity (Wildman–Crippen MR) is 158 cm³/mol. The van der Waals surface area contributed by atoms with Gasteiger partial charge in [0.05, 0.1) is 29.8 Å². The Labute approximate surface area is 239 Å². The second-order valence-corrected chi connectivity index (χ2v) is 12.2. The molecule has 9 heteroatoms. The average Bonchev–Trinajstić information content (AvgIpc) is 3.30. The first-order valence-electron chi connectivity index (χ1n) is 13.4. The first kappa shape index (κ1) is 34.8. The van der Waals surface area contributed by atoms with Crippen LogP contribution < -0.4 is 4.90 Å². The molecular formula is C30H48N2O6S. The molecule has 1 atom stereocenters. The Morgan fingerprint density at radius 1 is 1.26 bits per heavy atom. The number of rotatable bonds is 8. The van der Waals surface area contributed by atoms with Crippen LogP contribution in [0.1, 0.15) is 81.8 Å². The third-order valence-corrected chi connectivity index (χ3v) is 7.70.